The summed E-state index contributed by atoms with van der Waals surface area (Å²) in [6.07, 6.45) is 7.41. The molecule has 5 nitrogen and oxygen atoms in total. The van der Waals surface area contributed by atoms with E-state index >= 15 is 0 Å². The van der Waals surface area contributed by atoms with Crippen molar-refractivity contribution >= 4 is 11.2 Å². The number of pyridine rings is 1. The van der Waals surface area contributed by atoms with E-state index < -0.39 is 0 Å². The summed E-state index contributed by atoms with van der Waals surface area (Å²) in [5.41, 5.74) is 1.94. The number of hydrogen-bond donors (Lipinski definition) is 1. The van der Waals surface area contributed by atoms with Crippen molar-refractivity contribution in [2.45, 2.75) is 38.6 Å². The van der Waals surface area contributed by atoms with Crippen molar-refractivity contribution < 1.29 is 5.11 Å². The molecule has 114 valence electrons. The number of imidazole rings is 1. The molecular weight excluding hydrogens is 264 g/mol. The first-order chi connectivity index (χ1) is 10.4. The third-order valence-electron chi connectivity index (χ3n) is 4.23. The first kappa shape index (κ1) is 14.5. The fourth-order valence-electron chi connectivity index (χ4n) is 3.09. The van der Waals surface area contributed by atoms with Gasteiger partial charge in [0.05, 0.1) is 0 Å². The van der Waals surface area contributed by atoms with Crippen LogP contribution in [0.25, 0.3) is 11.2 Å². The number of aromatic nitrogens is 3. The number of piperidine rings is 1. The molecule has 2 aromatic heterocycles. The molecule has 3 rings (SSSR count). The Kier molecular flexibility index (Phi) is 4.83. The molecule has 0 atom stereocenters. The summed E-state index contributed by atoms with van der Waals surface area (Å²) in [4.78, 5) is 11.7. The average molecular weight is 288 g/mol. The first-order valence-electron chi connectivity index (χ1n) is 8.02. The summed E-state index contributed by atoms with van der Waals surface area (Å²) in [5.74, 6) is 1.05. The Labute approximate surface area is 125 Å². The number of fused-ring (bicyclic) bond motifs is 1. The third kappa shape index (κ3) is 3.41. The molecule has 2 aromatic rings. The van der Waals surface area contributed by atoms with Gasteiger partial charge in [-0.25, -0.2) is 9.97 Å². The number of aliphatic hydroxyl groups is 1. The molecule has 1 saturated heterocycles. The van der Waals surface area contributed by atoms with Crippen molar-refractivity contribution in [3.8, 4) is 0 Å². The normalized spacial score (nSPS) is 16.6. The number of nitrogens with zero attached hydrogens (tertiary/aromatic N) is 4. The van der Waals surface area contributed by atoms with Crippen molar-refractivity contribution in [1.29, 1.82) is 0 Å². The molecule has 1 fully saturated rings. The first-order valence-corrected chi connectivity index (χ1v) is 8.02. The Balaban J connectivity index is 1.77. The van der Waals surface area contributed by atoms with Crippen molar-refractivity contribution in [2.75, 3.05) is 26.2 Å². The van der Waals surface area contributed by atoms with Crippen LogP contribution in [0.5, 0.6) is 0 Å². The van der Waals surface area contributed by atoms with E-state index in [1.165, 1.54) is 32.4 Å². The molecule has 1 aliphatic rings. The molecule has 0 radical (unpaired) electrons. The lowest BCUT2D eigenvalue weighted by molar-refractivity contribution is 0.220. The summed E-state index contributed by atoms with van der Waals surface area (Å²) in [7, 11) is 0. The number of aryl methyl sites for hydroxylation is 1. The van der Waals surface area contributed by atoms with Gasteiger partial charge in [0.2, 0.25) is 0 Å². The molecule has 1 N–H and O–H groups in total. The molecular formula is C16H24N4O. The zero-order valence-corrected chi connectivity index (χ0v) is 12.5. The minimum Gasteiger partial charge on any atom is -0.396 e. The SMILES string of the molecule is OCCCc1nc2cccnc2n1CCN1CCCCC1. The van der Waals surface area contributed by atoms with E-state index in [2.05, 4.69) is 19.4 Å². The van der Waals surface area contributed by atoms with Crippen LogP contribution in [0.3, 0.4) is 0 Å². The molecule has 5 heteroatoms. The third-order valence-corrected chi connectivity index (χ3v) is 4.23. The molecule has 0 aliphatic carbocycles. The van der Waals surface area contributed by atoms with E-state index in [1.54, 1.807) is 0 Å². The van der Waals surface area contributed by atoms with Gasteiger partial charge in [0.15, 0.2) is 5.65 Å². The topological polar surface area (TPSA) is 54.2 Å². The van der Waals surface area contributed by atoms with Gasteiger partial charge in [-0.3, -0.25) is 0 Å². The van der Waals surface area contributed by atoms with Crippen LogP contribution < -0.4 is 0 Å². The fourth-order valence-corrected chi connectivity index (χ4v) is 3.09. The van der Waals surface area contributed by atoms with Crippen molar-refractivity contribution in [2.24, 2.45) is 0 Å². The standard InChI is InChI=1S/C16H24N4O/c21-13-5-7-15-18-14-6-4-8-17-16(14)20(15)12-11-19-9-2-1-3-10-19/h4,6,8,21H,1-3,5,7,9-13H2. The van der Waals surface area contributed by atoms with Crippen LogP contribution in [0.4, 0.5) is 0 Å². The maximum Gasteiger partial charge on any atom is 0.160 e. The van der Waals surface area contributed by atoms with E-state index in [9.17, 15) is 0 Å². The van der Waals surface area contributed by atoms with Crippen LogP contribution in [-0.2, 0) is 13.0 Å². The summed E-state index contributed by atoms with van der Waals surface area (Å²) in [6.45, 7) is 4.64. The van der Waals surface area contributed by atoms with Gasteiger partial charge >= 0.3 is 0 Å². The van der Waals surface area contributed by atoms with Crippen LogP contribution in [0.1, 0.15) is 31.5 Å². The summed E-state index contributed by atoms with van der Waals surface area (Å²) in [5, 5.41) is 9.07. The van der Waals surface area contributed by atoms with E-state index in [0.717, 1.165) is 42.9 Å². The van der Waals surface area contributed by atoms with Crippen LogP contribution in [0.15, 0.2) is 18.3 Å². The highest BCUT2D eigenvalue weighted by Gasteiger charge is 2.14. The maximum absolute atomic E-state index is 9.07. The number of likely N-dealkylation sites (tertiary alicyclic amines) is 1. The lowest BCUT2D eigenvalue weighted by atomic mass is 10.1. The highest BCUT2D eigenvalue weighted by molar-refractivity contribution is 5.71. The van der Waals surface area contributed by atoms with Gasteiger partial charge in [0.1, 0.15) is 11.3 Å². The molecule has 3 heterocycles. The average Bonchev–Trinajstić information content (AvgIpc) is 2.89. The maximum atomic E-state index is 9.07. The Morgan fingerprint density at radius 2 is 2.00 bits per heavy atom. The van der Waals surface area contributed by atoms with Gasteiger partial charge in [0.25, 0.3) is 0 Å². The van der Waals surface area contributed by atoms with Crippen molar-refractivity contribution in [3.05, 3.63) is 24.2 Å². The predicted molar refractivity (Wildman–Crippen MR) is 83.2 cm³/mol. The zero-order chi connectivity index (χ0) is 14.5. The minimum absolute atomic E-state index is 0.211. The van der Waals surface area contributed by atoms with E-state index in [-0.39, 0.29) is 6.61 Å². The Morgan fingerprint density at radius 1 is 1.14 bits per heavy atom. The Hall–Kier alpha value is -1.46. The van der Waals surface area contributed by atoms with Crippen LogP contribution >= 0.6 is 0 Å². The lowest BCUT2D eigenvalue weighted by Gasteiger charge is -2.26. The van der Waals surface area contributed by atoms with Crippen molar-refractivity contribution in [3.63, 3.8) is 0 Å². The highest BCUT2D eigenvalue weighted by atomic mass is 16.2. The smallest absolute Gasteiger partial charge is 0.160 e. The Morgan fingerprint density at radius 3 is 2.81 bits per heavy atom. The molecule has 0 aromatic carbocycles. The van der Waals surface area contributed by atoms with E-state index in [0.29, 0.717) is 0 Å². The molecule has 0 spiro atoms. The van der Waals surface area contributed by atoms with Gasteiger partial charge in [-0.15, -0.1) is 0 Å². The summed E-state index contributed by atoms with van der Waals surface area (Å²) in [6, 6.07) is 3.95. The second kappa shape index (κ2) is 7.00. The quantitative estimate of drug-likeness (QED) is 0.881. The number of rotatable bonds is 6. The minimum atomic E-state index is 0.211. The monoisotopic (exact) mass is 288 g/mol. The molecule has 0 unspecified atom stereocenters. The van der Waals surface area contributed by atoms with Gasteiger partial charge in [-0.2, -0.15) is 0 Å². The summed E-state index contributed by atoms with van der Waals surface area (Å²) >= 11 is 0. The number of hydrogen-bond acceptors (Lipinski definition) is 4. The molecule has 21 heavy (non-hydrogen) atoms. The second-order valence-corrected chi connectivity index (χ2v) is 5.76. The molecule has 0 amide bonds. The molecule has 1 aliphatic heterocycles. The van der Waals surface area contributed by atoms with Gasteiger partial charge in [-0.1, -0.05) is 6.42 Å². The van der Waals surface area contributed by atoms with Crippen molar-refractivity contribution in [1.82, 2.24) is 19.4 Å². The van der Waals surface area contributed by atoms with Crippen LogP contribution in [-0.4, -0.2) is 50.8 Å². The second-order valence-electron chi connectivity index (χ2n) is 5.76. The Bertz CT molecular complexity index is 575. The van der Waals surface area contributed by atoms with E-state index in [4.69, 9.17) is 5.11 Å². The number of aliphatic hydroxyl groups excluding tert-OH is 1. The van der Waals surface area contributed by atoms with Gasteiger partial charge in [0, 0.05) is 32.3 Å². The van der Waals surface area contributed by atoms with Gasteiger partial charge in [-0.05, 0) is 44.5 Å². The highest BCUT2D eigenvalue weighted by Crippen LogP contribution is 2.16. The lowest BCUT2D eigenvalue weighted by Crippen LogP contribution is -2.32. The molecule has 0 saturated carbocycles. The van der Waals surface area contributed by atoms with Crippen LogP contribution in [0.2, 0.25) is 0 Å². The van der Waals surface area contributed by atoms with Crippen LogP contribution in [0, 0.1) is 0 Å². The zero-order valence-electron chi connectivity index (χ0n) is 12.5. The predicted octanol–water partition coefficient (Wildman–Crippen LogP) is 1.84. The van der Waals surface area contributed by atoms with E-state index in [1.807, 2.05) is 18.3 Å². The largest absolute Gasteiger partial charge is 0.396 e. The molecule has 0 bridgehead atoms. The van der Waals surface area contributed by atoms with Gasteiger partial charge < -0.3 is 14.6 Å². The summed E-state index contributed by atoms with van der Waals surface area (Å²) < 4.78 is 2.24. The fraction of sp³-hybridized carbons (Fsp3) is 0.625.